The normalized spacial score (nSPS) is 15.4. The second kappa shape index (κ2) is 11.6. The van der Waals surface area contributed by atoms with Crippen molar-refractivity contribution in [2.24, 2.45) is 0 Å². The molecule has 1 aliphatic rings. The molecule has 1 atom stereocenters. The van der Waals surface area contributed by atoms with Crippen molar-refractivity contribution in [3.63, 3.8) is 0 Å². The van der Waals surface area contributed by atoms with Crippen molar-refractivity contribution in [2.75, 3.05) is 31.2 Å². The Labute approximate surface area is 225 Å². The van der Waals surface area contributed by atoms with Crippen LogP contribution in [0.3, 0.4) is 0 Å². The minimum absolute atomic E-state index is 0.0458. The molecular weight excluding hydrogens is 526 g/mol. The topological polar surface area (TPSA) is 115 Å². The van der Waals surface area contributed by atoms with Crippen LogP contribution in [0.5, 0.6) is 5.75 Å². The van der Waals surface area contributed by atoms with Gasteiger partial charge in [-0.3, -0.25) is 4.18 Å². The summed E-state index contributed by atoms with van der Waals surface area (Å²) in [7, 11) is -3.97. The highest BCUT2D eigenvalue weighted by Gasteiger charge is 2.20. The maximum atomic E-state index is 12.4. The van der Waals surface area contributed by atoms with E-state index in [0.29, 0.717) is 22.7 Å². The number of hydrogen-bond acceptors (Lipinski definition) is 10. The van der Waals surface area contributed by atoms with Gasteiger partial charge in [-0.05, 0) is 56.5 Å². The van der Waals surface area contributed by atoms with Gasteiger partial charge in [0.05, 0.1) is 11.5 Å². The van der Waals surface area contributed by atoms with Crippen molar-refractivity contribution in [1.29, 1.82) is 0 Å². The van der Waals surface area contributed by atoms with Crippen LogP contribution in [-0.4, -0.2) is 55.9 Å². The second-order valence-electron chi connectivity index (χ2n) is 9.08. The number of hydrogen-bond donors (Lipinski definition) is 1. The number of aliphatic hydroxyl groups is 1. The van der Waals surface area contributed by atoms with Gasteiger partial charge in [-0.25, -0.2) is 9.97 Å². The summed E-state index contributed by atoms with van der Waals surface area (Å²) in [6.07, 6.45) is 8.39. The molecule has 11 heteroatoms. The predicted octanol–water partition coefficient (Wildman–Crippen LogP) is 4.90. The smallest absolute Gasteiger partial charge is 0.297 e. The third-order valence-electron chi connectivity index (χ3n) is 6.13. The molecule has 9 nitrogen and oxygen atoms in total. The molecule has 0 saturated carbocycles. The van der Waals surface area contributed by atoms with Gasteiger partial charge in [-0.15, -0.1) is 0 Å². The van der Waals surface area contributed by atoms with Gasteiger partial charge in [0, 0.05) is 36.3 Å². The van der Waals surface area contributed by atoms with Crippen LogP contribution < -0.4 is 9.64 Å². The lowest BCUT2D eigenvalue weighted by atomic mass is 10.1. The van der Waals surface area contributed by atoms with Gasteiger partial charge in [0.1, 0.15) is 24.0 Å². The van der Waals surface area contributed by atoms with Gasteiger partial charge in [0.25, 0.3) is 10.1 Å². The molecule has 1 aliphatic heterocycles. The Morgan fingerprint density at radius 2 is 1.92 bits per heavy atom. The van der Waals surface area contributed by atoms with Crippen LogP contribution in [-0.2, 0) is 14.3 Å². The van der Waals surface area contributed by atoms with E-state index < -0.39 is 22.8 Å². The van der Waals surface area contributed by atoms with Crippen LogP contribution in [0, 0.1) is 6.92 Å². The zero-order valence-electron chi connectivity index (χ0n) is 20.9. The second-order valence-corrected chi connectivity index (χ2v) is 11.7. The molecule has 2 aromatic heterocycles. The highest BCUT2D eigenvalue weighted by Crippen LogP contribution is 2.28. The number of thiazole rings is 1. The summed E-state index contributed by atoms with van der Waals surface area (Å²) in [5.41, 5.74) is 2.09. The van der Waals surface area contributed by atoms with E-state index in [2.05, 4.69) is 14.9 Å². The van der Waals surface area contributed by atoms with Crippen LogP contribution in [0.15, 0.2) is 58.0 Å². The van der Waals surface area contributed by atoms with Gasteiger partial charge in [0.2, 0.25) is 5.89 Å². The molecule has 5 rings (SSSR count). The fraction of sp³-hybridized carbons (Fsp3) is 0.333. The van der Waals surface area contributed by atoms with Gasteiger partial charge < -0.3 is 19.2 Å². The molecule has 4 aromatic rings. The Balaban J connectivity index is 1.21. The number of benzene rings is 2. The van der Waals surface area contributed by atoms with E-state index in [1.807, 2.05) is 19.2 Å². The van der Waals surface area contributed by atoms with E-state index in [1.54, 1.807) is 47.7 Å². The Morgan fingerprint density at radius 1 is 1.13 bits per heavy atom. The molecule has 1 fully saturated rings. The lowest BCUT2D eigenvalue weighted by Crippen LogP contribution is -2.29. The average Bonchev–Trinajstić information content (AvgIpc) is 3.57. The van der Waals surface area contributed by atoms with Crippen LogP contribution in [0.4, 0.5) is 5.13 Å². The minimum atomic E-state index is -3.97. The van der Waals surface area contributed by atoms with E-state index in [0.717, 1.165) is 28.7 Å². The van der Waals surface area contributed by atoms with E-state index in [1.165, 1.54) is 31.4 Å². The molecular formula is C27H29N3O6S2. The monoisotopic (exact) mass is 555 g/mol. The third-order valence-corrected chi connectivity index (χ3v) is 8.45. The molecule has 0 spiro atoms. The molecule has 1 N–H and O–H groups in total. The largest absolute Gasteiger partial charge is 0.485 e. The van der Waals surface area contributed by atoms with Crippen molar-refractivity contribution in [3.8, 4) is 5.75 Å². The number of aromatic nitrogens is 2. The molecule has 0 radical (unpaired) electrons. The maximum Gasteiger partial charge on any atom is 0.297 e. The van der Waals surface area contributed by atoms with Gasteiger partial charge in [-0.1, -0.05) is 29.0 Å². The molecule has 38 heavy (non-hydrogen) atoms. The molecule has 0 bridgehead atoms. The number of piperidine rings is 1. The summed E-state index contributed by atoms with van der Waals surface area (Å²) in [5, 5.41) is 10.8. The average molecular weight is 556 g/mol. The van der Waals surface area contributed by atoms with Gasteiger partial charge in [-0.2, -0.15) is 8.42 Å². The standard InChI is InChI=1S/C27H29N3O6S2/c1-19-5-9-23(10-6-19)38(32,33)34-18-21(17-31)35-20-7-11-24-25(15-20)36-26(29-24)12-8-22-16-28-27(37-22)30-13-3-2-4-14-30/h5-12,15-16,21,31H,2-4,13-14,17-18H2,1H3. The quantitative estimate of drug-likeness (QED) is 0.273. The van der Waals surface area contributed by atoms with Gasteiger partial charge >= 0.3 is 0 Å². The summed E-state index contributed by atoms with van der Waals surface area (Å²) < 4.78 is 41.6. The van der Waals surface area contributed by atoms with Crippen molar-refractivity contribution in [3.05, 3.63) is 65.0 Å². The Morgan fingerprint density at radius 3 is 2.68 bits per heavy atom. The number of aryl methyl sites for hydroxylation is 1. The van der Waals surface area contributed by atoms with Crippen LogP contribution in [0.25, 0.3) is 23.3 Å². The zero-order chi connectivity index (χ0) is 26.5. The van der Waals surface area contributed by atoms with E-state index in [-0.39, 0.29) is 11.5 Å². The van der Waals surface area contributed by atoms with Crippen LogP contribution in [0.1, 0.15) is 35.6 Å². The summed E-state index contributed by atoms with van der Waals surface area (Å²) in [5.74, 6) is 0.837. The SMILES string of the molecule is Cc1ccc(S(=O)(=O)OCC(CO)Oc2ccc3nc(C=Cc4cnc(N5CCCCC5)s4)oc3c2)cc1. The Kier molecular flexibility index (Phi) is 8.08. The van der Waals surface area contributed by atoms with Crippen LogP contribution >= 0.6 is 11.3 Å². The molecule has 1 saturated heterocycles. The van der Waals surface area contributed by atoms with Crippen molar-refractivity contribution in [2.45, 2.75) is 37.2 Å². The van der Waals surface area contributed by atoms with E-state index >= 15 is 0 Å². The highest BCUT2D eigenvalue weighted by atomic mass is 32.2. The summed E-state index contributed by atoms with van der Waals surface area (Å²) in [4.78, 5) is 12.4. The first-order valence-corrected chi connectivity index (χ1v) is 14.7. The molecule has 200 valence electrons. The van der Waals surface area contributed by atoms with Crippen molar-refractivity contribution >= 4 is 49.8 Å². The fourth-order valence-corrected chi connectivity index (χ4v) is 5.87. The van der Waals surface area contributed by atoms with Crippen molar-refractivity contribution in [1.82, 2.24) is 9.97 Å². The molecule has 1 unspecified atom stereocenters. The summed E-state index contributed by atoms with van der Waals surface area (Å²) in [6, 6.07) is 11.4. The molecule has 0 aliphatic carbocycles. The highest BCUT2D eigenvalue weighted by molar-refractivity contribution is 7.86. The first-order valence-electron chi connectivity index (χ1n) is 12.4. The zero-order valence-corrected chi connectivity index (χ0v) is 22.6. The van der Waals surface area contributed by atoms with Gasteiger partial charge in [0.15, 0.2) is 10.7 Å². The number of fused-ring (bicyclic) bond motifs is 1. The molecule has 2 aromatic carbocycles. The molecule has 0 amide bonds. The first kappa shape index (κ1) is 26.4. The number of aliphatic hydroxyl groups excluding tert-OH is 1. The maximum absolute atomic E-state index is 12.4. The lowest BCUT2D eigenvalue weighted by molar-refractivity contribution is 0.0741. The van der Waals surface area contributed by atoms with Crippen molar-refractivity contribution < 1.29 is 26.9 Å². The summed E-state index contributed by atoms with van der Waals surface area (Å²) >= 11 is 1.64. The predicted molar refractivity (Wildman–Crippen MR) is 147 cm³/mol. The van der Waals surface area contributed by atoms with Crippen LogP contribution in [0.2, 0.25) is 0 Å². The van der Waals surface area contributed by atoms with E-state index in [4.69, 9.17) is 13.3 Å². The Bertz CT molecular complexity index is 1510. The number of nitrogens with zero attached hydrogens (tertiary/aromatic N) is 3. The third kappa shape index (κ3) is 6.41. The fourth-order valence-electron chi connectivity index (χ4n) is 4.06. The number of anilines is 1. The van der Waals surface area contributed by atoms with E-state index in [9.17, 15) is 13.5 Å². The molecule has 3 heterocycles. The number of oxazole rings is 1. The number of rotatable bonds is 10. The summed E-state index contributed by atoms with van der Waals surface area (Å²) in [6.45, 7) is 3.20. The first-order chi connectivity index (χ1) is 18.4. The number of ether oxygens (including phenoxy) is 1. The minimum Gasteiger partial charge on any atom is -0.485 e. The lowest BCUT2D eigenvalue weighted by Gasteiger charge is -2.25. The Hall–Kier alpha value is -3.25.